The van der Waals surface area contributed by atoms with Crippen molar-refractivity contribution in [2.45, 2.75) is 38.6 Å². The molecule has 2 amide bonds. The molecule has 0 aliphatic carbocycles. The first-order valence-corrected chi connectivity index (χ1v) is 10.3. The zero-order valence-electron chi connectivity index (χ0n) is 16.3. The maximum absolute atomic E-state index is 13.3. The van der Waals surface area contributed by atoms with Gasteiger partial charge in [-0.2, -0.15) is 5.10 Å². The van der Waals surface area contributed by atoms with E-state index in [0.29, 0.717) is 35.8 Å². The lowest BCUT2D eigenvalue weighted by atomic mass is 9.76. The van der Waals surface area contributed by atoms with Gasteiger partial charge >= 0.3 is 0 Å². The van der Waals surface area contributed by atoms with Crippen LogP contribution < -0.4 is 0 Å². The highest BCUT2D eigenvalue weighted by atomic mass is 16.2. The average Bonchev–Trinajstić information content (AvgIpc) is 3.10. The number of benzene rings is 1. The van der Waals surface area contributed by atoms with Crippen LogP contribution >= 0.6 is 0 Å². The topological polar surface area (TPSA) is 58.4 Å². The molecule has 4 heterocycles. The van der Waals surface area contributed by atoms with Gasteiger partial charge in [0.1, 0.15) is 0 Å². The molecule has 3 fully saturated rings. The van der Waals surface area contributed by atoms with E-state index in [9.17, 15) is 9.59 Å². The Labute approximate surface area is 165 Å². The van der Waals surface area contributed by atoms with Gasteiger partial charge in [0.2, 0.25) is 5.91 Å². The van der Waals surface area contributed by atoms with Gasteiger partial charge in [-0.3, -0.25) is 9.59 Å². The van der Waals surface area contributed by atoms with Crippen LogP contribution in [0.4, 0.5) is 0 Å². The Hall–Kier alpha value is -2.63. The lowest BCUT2D eigenvalue weighted by molar-refractivity contribution is -0.144. The molecular weight excluding hydrogens is 352 g/mol. The van der Waals surface area contributed by atoms with Gasteiger partial charge in [-0.1, -0.05) is 18.2 Å². The molecule has 2 aromatic rings. The highest BCUT2D eigenvalue weighted by Crippen LogP contribution is 2.38. The number of carbonyl (C=O) groups is 2. The van der Waals surface area contributed by atoms with Crippen molar-refractivity contribution >= 4 is 11.8 Å². The van der Waals surface area contributed by atoms with Gasteiger partial charge in [0, 0.05) is 32.1 Å². The summed E-state index contributed by atoms with van der Waals surface area (Å²) >= 11 is 0. The molecule has 0 unspecified atom stereocenters. The quantitative estimate of drug-likeness (QED) is 0.807. The minimum atomic E-state index is 0.0740. The summed E-state index contributed by atoms with van der Waals surface area (Å²) in [5.74, 6) is 1.19. The molecule has 6 nitrogen and oxygen atoms in total. The lowest BCUT2D eigenvalue weighted by Gasteiger charge is -2.52. The second-order valence-corrected chi connectivity index (χ2v) is 8.47. The smallest absolute Gasteiger partial charge is 0.257 e. The Morgan fingerprint density at radius 3 is 2.79 bits per heavy atom. The van der Waals surface area contributed by atoms with Crippen LogP contribution in [0.25, 0.3) is 5.69 Å². The fraction of sp³-hybridized carbons (Fsp3) is 0.500. The summed E-state index contributed by atoms with van der Waals surface area (Å²) in [6.45, 7) is 4.26. The van der Waals surface area contributed by atoms with Crippen LogP contribution in [0, 0.1) is 18.8 Å². The van der Waals surface area contributed by atoms with E-state index in [1.807, 2.05) is 46.8 Å². The van der Waals surface area contributed by atoms with E-state index in [1.165, 1.54) is 0 Å². The Morgan fingerprint density at radius 1 is 1.14 bits per heavy atom. The lowest BCUT2D eigenvalue weighted by Crippen LogP contribution is -2.61. The normalized spacial score (nSPS) is 26.9. The molecule has 5 rings (SSSR count). The molecule has 3 atom stereocenters. The van der Waals surface area contributed by atoms with Crippen molar-refractivity contribution in [3.05, 3.63) is 47.8 Å². The van der Waals surface area contributed by atoms with Gasteiger partial charge in [-0.15, -0.1) is 0 Å². The molecule has 6 heteroatoms. The van der Waals surface area contributed by atoms with Gasteiger partial charge in [0.25, 0.3) is 5.91 Å². The molecule has 3 aliphatic heterocycles. The number of para-hydroxylation sites is 1. The number of likely N-dealkylation sites (tertiary alicyclic amines) is 1. The third-order valence-corrected chi connectivity index (χ3v) is 6.71. The number of hydrogen-bond donors (Lipinski definition) is 0. The number of rotatable bonds is 2. The Bertz CT molecular complexity index is 907. The van der Waals surface area contributed by atoms with Crippen LogP contribution in [0.1, 0.15) is 41.7 Å². The minimum absolute atomic E-state index is 0.0740. The molecule has 0 spiro atoms. The van der Waals surface area contributed by atoms with Crippen molar-refractivity contribution in [3.63, 3.8) is 0 Å². The molecule has 1 aromatic carbocycles. The monoisotopic (exact) mass is 378 g/mol. The van der Waals surface area contributed by atoms with E-state index in [4.69, 9.17) is 0 Å². The van der Waals surface area contributed by atoms with E-state index in [-0.39, 0.29) is 5.91 Å². The molecule has 3 saturated heterocycles. The Balaban J connectivity index is 1.37. The maximum atomic E-state index is 13.3. The summed E-state index contributed by atoms with van der Waals surface area (Å²) in [6.07, 6.45) is 5.59. The van der Waals surface area contributed by atoms with Gasteiger partial charge in [-0.25, -0.2) is 4.68 Å². The van der Waals surface area contributed by atoms with Crippen LogP contribution in [0.2, 0.25) is 0 Å². The first-order chi connectivity index (χ1) is 13.6. The number of amides is 2. The van der Waals surface area contributed by atoms with Crippen LogP contribution in [0.15, 0.2) is 36.5 Å². The van der Waals surface area contributed by atoms with E-state index in [1.54, 1.807) is 6.20 Å². The summed E-state index contributed by atoms with van der Waals surface area (Å²) in [5.41, 5.74) is 2.52. The van der Waals surface area contributed by atoms with Crippen molar-refractivity contribution in [3.8, 4) is 5.69 Å². The van der Waals surface area contributed by atoms with Crippen molar-refractivity contribution in [2.24, 2.45) is 11.8 Å². The van der Waals surface area contributed by atoms with Crippen molar-refractivity contribution < 1.29 is 9.59 Å². The molecule has 0 saturated carbocycles. The zero-order valence-corrected chi connectivity index (χ0v) is 16.3. The second kappa shape index (κ2) is 6.76. The summed E-state index contributed by atoms with van der Waals surface area (Å²) in [5, 5.41) is 4.47. The van der Waals surface area contributed by atoms with Crippen molar-refractivity contribution in [1.29, 1.82) is 0 Å². The third-order valence-electron chi connectivity index (χ3n) is 6.71. The standard InChI is InChI=1S/C22H26N4O2/c1-15-19(11-23-26(15)18-6-3-2-4-7-18)22(28)24-12-16-10-17(14-24)20-8-5-9-21(27)25(20)13-16/h2-4,6-7,11,16-17,20H,5,8-10,12-14H2,1H3/t16-,17+,20-/m1/s1. The van der Waals surface area contributed by atoms with E-state index in [0.717, 1.165) is 50.3 Å². The molecule has 0 radical (unpaired) electrons. The largest absolute Gasteiger partial charge is 0.339 e. The number of hydrogen-bond acceptors (Lipinski definition) is 3. The first-order valence-electron chi connectivity index (χ1n) is 10.3. The van der Waals surface area contributed by atoms with Crippen LogP contribution in [-0.4, -0.2) is 57.1 Å². The maximum Gasteiger partial charge on any atom is 0.257 e. The van der Waals surface area contributed by atoms with Gasteiger partial charge < -0.3 is 9.80 Å². The fourth-order valence-corrected chi connectivity index (χ4v) is 5.40. The van der Waals surface area contributed by atoms with Crippen molar-refractivity contribution in [1.82, 2.24) is 19.6 Å². The molecule has 146 valence electrons. The van der Waals surface area contributed by atoms with E-state index < -0.39 is 0 Å². The number of aromatic nitrogens is 2. The Kier molecular flexibility index (Phi) is 4.22. The van der Waals surface area contributed by atoms with Crippen molar-refractivity contribution in [2.75, 3.05) is 19.6 Å². The summed E-state index contributed by atoms with van der Waals surface area (Å²) in [6, 6.07) is 10.2. The molecule has 0 N–H and O–H groups in total. The minimum Gasteiger partial charge on any atom is -0.339 e. The number of fused-ring (bicyclic) bond motifs is 4. The summed E-state index contributed by atoms with van der Waals surface area (Å²) in [7, 11) is 0. The van der Waals surface area contributed by atoms with E-state index >= 15 is 0 Å². The first kappa shape index (κ1) is 17.5. The molecule has 1 aromatic heterocycles. The average molecular weight is 378 g/mol. The van der Waals surface area contributed by atoms with Gasteiger partial charge in [0.05, 0.1) is 23.1 Å². The summed E-state index contributed by atoms with van der Waals surface area (Å²) < 4.78 is 1.83. The predicted molar refractivity (Wildman–Crippen MR) is 105 cm³/mol. The fourth-order valence-electron chi connectivity index (χ4n) is 5.40. The van der Waals surface area contributed by atoms with Crippen LogP contribution in [-0.2, 0) is 4.79 Å². The number of piperidine rings is 3. The molecular formula is C22H26N4O2. The number of nitrogens with zero attached hydrogens (tertiary/aromatic N) is 4. The molecule has 2 bridgehead atoms. The van der Waals surface area contributed by atoms with Crippen LogP contribution in [0.5, 0.6) is 0 Å². The molecule has 28 heavy (non-hydrogen) atoms. The summed E-state index contributed by atoms with van der Waals surface area (Å²) in [4.78, 5) is 29.7. The van der Waals surface area contributed by atoms with Crippen LogP contribution in [0.3, 0.4) is 0 Å². The number of carbonyl (C=O) groups excluding carboxylic acids is 2. The second-order valence-electron chi connectivity index (χ2n) is 8.47. The SMILES string of the molecule is Cc1c(C(=O)N2C[C@H]3C[C@@H](C2)[C@H]2CCCC(=O)N2C3)cnn1-c1ccccc1. The Morgan fingerprint density at radius 2 is 1.96 bits per heavy atom. The third kappa shape index (κ3) is 2.82. The molecule has 3 aliphatic rings. The van der Waals surface area contributed by atoms with Gasteiger partial charge in [-0.05, 0) is 50.2 Å². The van der Waals surface area contributed by atoms with E-state index in [2.05, 4.69) is 10.00 Å². The highest BCUT2D eigenvalue weighted by Gasteiger charge is 2.45. The van der Waals surface area contributed by atoms with Gasteiger partial charge in [0.15, 0.2) is 0 Å². The predicted octanol–water partition coefficient (Wildman–Crippen LogP) is 2.65. The zero-order chi connectivity index (χ0) is 19.3. The highest BCUT2D eigenvalue weighted by molar-refractivity contribution is 5.95.